The summed E-state index contributed by atoms with van der Waals surface area (Å²) in [6, 6.07) is 15.4. The van der Waals surface area contributed by atoms with Gasteiger partial charge in [0.2, 0.25) is 11.7 Å². The van der Waals surface area contributed by atoms with Crippen molar-refractivity contribution in [3.63, 3.8) is 0 Å². The van der Waals surface area contributed by atoms with Gasteiger partial charge in [0.25, 0.3) is 5.91 Å². The lowest BCUT2D eigenvalue weighted by atomic mass is 10.0. The van der Waals surface area contributed by atoms with Crippen LogP contribution in [0.1, 0.15) is 34.2 Å². The predicted octanol–water partition coefficient (Wildman–Crippen LogP) is 1.99. The first-order valence-corrected chi connectivity index (χ1v) is 11.3. The standard InChI is InChI=1S/C25H21N7O5/c1-14(11-33)27-24(35)15-6-7-16(17(8-15)10-26)13-36-25-20-5-3-2-4-19(20)22-28-29-23(32(22)30-25)21-9-18(12-34)37-31-21/h2-9,14,33-34H,11-13H2,1H3,(H,27,35). The van der Waals surface area contributed by atoms with Crippen LogP contribution >= 0.6 is 0 Å². The number of nitrogens with zero attached hydrogens (tertiary/aromatic N) is 6. The number of carbonyl (C=O) groups is 1. The molecule has 37 heavy (non-hydrogen) atoms. The Morgan fingerprint density at radius 1 is 1.19 bits per heavy atom. The number of hydrogen-bond donors (Lipinski definition) is 3. The minimum atomic E-state index is -0.412. The largest absolute Gasteiger partial charge is 0.471 e. The predicted molar refractivity (Wildman–Crippen MR) is 129 cm³/mol. The average Bonchev–Trinajstić information content (AvgIpc) is 3.58. The van der Waals surface area contributed by atoms with Crippen LogP contribution in [-0.4, -0.2) is 53.7 Å². The fourth-order valence-corrected chi connectivity index (χ4v) is 3.76. The van der Waals surface area contributed by atoms with Crippen molar-refractivity contribution in [1.29, 1.82) is 5.26 Å². The van der Waals surface area contributed by atoms with Gasteiger partial charge in [-0.25, -0.2) is 0 Å². The molecule has 3 heterocycles. The average molecular weight is 499 g/mol. The molecule has 1 unspecified atom stereocenters. The molecule has 3 N–H and O–H groups in total. The summed E-state index contributed by atoms with van der Waals surface area (Å²) in [5.41, 5.74) is 1.97. The van der Waals surface area contributed by atoms with Gasteiger partial charge in [-0.1, -0.05) is 29.4 Å². The second-order valence-corrected chi connectivity index (χ2v) is 8.28. The van der Waals surface area contributed by atoms with E-state index in [9.17, 15) is 15.2 Å². The van der Waals surface area contributed by atoms with E-state index in [0.29, 0.717) is 33.7 Å². The van der Waals surface area contributed by atoms with Crippen molar-refractivity contribution in [1.82, 2.24) is 30.3 Å². The van der Waals surface area contributed by atoms with Gasteiger partial charge in [-0.2, -0.15) is 9.78 Å². The highest BCUT2D eigenvalue weighted by Gasteiger charge is 2.19. The topological polar surface area (TPSA) is 172 Å². The second-order valence-electron chi connectivity index (χ2n) is 8.28. The summed E-state index contributed by atoms with van der Waals surface area (Å²) >= 11 is 0. The van der Waals surface area contributed by atoms with Crippen LogP contribution in [0.3, 0.4) is 0 Å². The minimum Gasteiger partial charge on any atom is -0.471 e. The summed E-state index contributed by atoms with van der Waals surface area (Å²) in [6.45, 7) is 1.18. The molecule has 1 atom stereocenters. The van der Waals surface area contributed by atoms with Crippen molar-refractivity contribution in [2.24, 2.45) is 0 Å². The molecule has 12 nitrogen and oxygen atoms in total. The van der Waals surface area contributed by atoms with Gasteiger partial charge in [0.15, 0.2) is 17.1 Å². The number of ether oxygens (including phenoxy) is 1. The number of nitrogens with one attached hydrogen (secondary N) is 1. The van der Waals surface area contributed by atoms with Crippen LogP contribution in [0.5, 0.6) is 5.88 Å². The van der Waals surface area contributed by atoms with Crippen LogP contribution in [0.2, 0.25) is 0 Å². The number of benzene rings is 2. The van der Waals surface area contributed by atoms with Crippen LogP contribution in [0.4, 0.5) is 0 Å². The number of aliphatic hydroxyl groups is 2. The number of rotatable bonds is 8. The second kappa shape index (κ2) is 10.0. The molecule has 0 aliphatic carbocycles. The molecule has 0 saturated heterocycles. The van der Waals surface area contributed by atoms with Crippen molar-refractivity contribution in [3.05, 3.63) is 71.0 Å². The quantitative estimate of drug-likeness (QED) is 0.287. The van der Waals surface area contributed by atoms with E-state index in [1.165, 1.54) is 10.6 Å². The van der Waals surface area contributed by atoms with E-state index >= 15 is 0 Å². The number of nitriles is 1. The molecule has 0 spiro atoms. The molecule has 2 aromatic carbocycles. The van der Waals surface area contributed by atoms with Gasteiger partial charge < -0.3 is 24.8 Å². The van der Waals surface area contributed by atoms with Gasteiger partial charge in [-0.3, -0.25) is 4.79 Å². The normalized spacial score (nSPS) is 11.9. The molecular formula is C25H21N7O5. The van der Waals surface area contributed by atoms with Crippen molar-refractivity contribution >= 4 is 22.3 Å². The van der Waals surface area contributed by atoms with Crippen LogP contribution in [-0.2, 0) is 13.2 Å². The molecular weight excluding hydrogens is 478 g/mol. The highest BCUT2D eigenvalue weighted by molar-refractivity contribution is 5.97. The number of amides is 1. The van der Waals surface area contributed by atoms with Gasteiger partial charge in [0.05, 0.1) is 18.2 Å². The first-order chi connectivity index (χ1) is 18.0. The Balaban J connectivity index is 1.49. The molecule has 5 aromatic rings. The Kier molecular flexibility index (Phi) is 6.46. The summed E-state index contributed by atoms with van der Waals surface area (Å²) < 4.78 is 12.6. The Labute approximate surface area is 209 Å². The first-order valence-electron chi connectivity index (χ1n) is 11.3. The SMILES string of the molecule is CC(CO)NC(=O)c1ccc(COc2nn3c(-c4cc(CO)on4)nnc3c3ccccc23)c(C#N)c1. The van der Waals surface area contributed by atoms with Crippen molar-refractivity contribution in [2.75, 3.05) is 6.61 Å². The van der Waals surface area contributed by atoms with E-state index < -0.39 is 6.04 Å². The Hall–Kier alpha value is -4.86. The fourth-order valence-electron chi connectivity index (χ4n) is 3.76. The number of aromatic nitrogens is 5. The molecule has 12 heteroatoms. The summed E-state index contributed by atoms with van der Waals surface area (Å²) in [6.07, 6.45) is 0. The van der Waals surface area contributed by atoms with E-state index in [2.05, 4.69) is 31.8 Å². The lowest BCUT2D eigenvalue weighted by molar-refractivity contribution is 0.0922. The molecule has 0 radical (unpaired) electrons. The number of hydrogen-bond acceptors (Lipinski definition) is 10. The monoisotopic (exact) mass is 499 g/mol. The zero-order valence-corrected chi connectivity index (χ0v) is 19.6. The van der Waals surface area contributed by atoms with Crippen LogP contribution < -0.4 is 10.1 Å². The van der Waals surface area contributed by atoms with E-state index in [1.54, 1.807) is 25.1 Å². The molecule has 1 amide bonds. The molecule has 0 bridgehead atoms. The summed E-state index contributed by atoms with van der Waals surface area (Å²) in [7, 11) is 0. The number of aliphatic hydroxyl groups excluding tert-OH is 2. The molecule has 0 aliphatic heterocycles. The van der Waals surface area contributed by atoms with Crippen molar-refractivity contribution in [2.45, 2.75) is 26.2 Å². The zero-order chi connectivity index (χ0) is 25.9. The summed E-state index contributed by atoms with van der Waals surface area (Å²) in [5, 5.41) is 49.2. The molecule has 3 aromatic heterocycles. The van der Waals surface area contributed by atoms with E-state index in [1.807, 2.05) is 24.3 Å². The van der Waals surface area contributed by atoms with E-state index in [-0.39, 0.29) is 42.9 Å². The Morgan fingerprint density at radius 3 is 2.73 bits per heavy atom. The summed E-state index contributed by atoms with van der Waals surface area (Å²) in [5.74, 6) is 0.466. The van der Waals surface area contributed by atoms with Gasteiger partial charge >= 0.3 is 0 Å². The molecule has 5 rings (SSSR count). The number of fused-ring (bicyclic) bond motifs is 3. The van der Waals surface area contributed by atoms with Crippen LogP contribution in [0.25, 0.3) is 27.9 Å². The lowest BCUT2D eigenvalue weighted by Crippen LogP contribution is -2.35. The highest BCUT2D eigenvalue weighted by atomic mass is 16.5. The van der Waals surface area contributed by atoms with Crippen molar-refractivity contribution in [3.8, 4) is 23.5 Å². The number of carbonyl (C=O) groups excluding carboxylic acids is 1. The smallest absolute Gasteiger partial charge is 0.251 e. The molecule has 0 aliphatic rings. The molecule has 186 valence electrons. The van der Waals surface area contributed by atoms with Gasteiger partial charge in [0.1, 0.15) is 13.2 Å². The van der Waals surface area contributed by atoms with Gasteiger partial charge in [-0.05, 0) is 25.1 Å². The third-order valence-corrected chi connectivity index (χ3v) is 5.68. The van der Waals surface area contributed by atoms with E-state index in [4.69, 9.17) is 14.4 Å². The van der Waals surface area contributed by atoms with Gasteiger partial charge in [-0.15, -0.1) is 15.3 Å². The zero-order valence-electron chi connectivity index (χ0n) is 19.6. The lowest BCUT2D eigenvalue weighted by Gasteiger charge is -2.13. The van der Waals surface area contributed by atoms with Crippen LogP contribution in [0, 0.1) is 11.3 Å². The third kappa shape index (κ3) is 4.56. The van der Waals surface area contributed by atoms with Gasteiger partial charge in [0, 0.05) is 34.0 Å². The Morgan fingerprint density at radius 2 is 2.00 bits per heavy atom. The first kappa shape index (κ1) is 23.9. The van der Waals surface area contributed by atoms with Crippen LogP contribution in [0.15, 0.2) is 53.1 Å². The van der Waals surface area contributed by atoms with Crippen molar-refractivity contribution < 1.29 is 24.3 Å². The Bertz CT molecular complexity index is 1650. The maximum atomic E-state index is 12.4. The summed E-state index contributed by atoms with van der Waals surface area (Å²) in [4.78, 5) is 12.4. The molecule has 0 fully saturated rings. The minimum absolute atomic E-state index is 0.0103. The highest BCUT2D eigenvalue weighted by Crippen LogP contribution is 2.29. The maximum absolute atomic E-state index is 12.4. The molecule has 0 saturated carbocycles. The fraction of sp³-hybridized carbons (Fsp3) is 0.200. The van der Waals surface area contributed by atoms with E-state index in [0.717, 1.165) is 5.39 Å². The third-order valence-electron chi connectivity index (χ3n) is 5.68. The maximum Gasteiger partial charge on any atom is 0.251 e.